The van der Waals surface area contributed by atoms with Crippen molar-refractivity contribution >= 4 is 19.7 Å². The van der Waals surface area contributed by atoms with E-state index in [2.05, 4.69) is 44.3 Å². The molecule has 0 aliphatic carbocycles. The second-order valence-electron chi connectivity index (χ2n) is 23.3. The number of esters is 1. The van der Waals surface area contributed by atoms with E-state index in [0.29, 0.717) is 23.9 Å². The van der Waals surface area contributed by atoms with Crippen molar-refractivity contribution in [3.63, 3.8) is 0 Å². The highest BCUT2D eigenvalue weighted by atomic mass is 31.2. The smallest absolute Gasteiger partial charge is 0.306 e. The molecule has 3 atom stereocenters. The fourth-order valence-corrected chi connectivity index (χ4v) is 10.3. The molecule has 75 heavy (non-hydrogen) atoms. The number of ether oxygens (including phenoxy) is 1. The van der Waals surface area contributed by atoms with Crippen LogP contribution in [0.15, 0.2) is 36.5 Å². The van der Waals surface area contributed by atoms with Crippen LogP contribution in [-0.4, -0.2) is 69.4 Å². The van der Waals surface area contributed by atoms with Crippen molar-refractivity contribution in [3.05, 3.63) is 36.5 Å². The van der Waals surface area contributed by atoms with Gasteiger partial charge >= 0.3 is 5.97 Å². The Morgan fingerprint density at radius 2 is 0.827 bits per heavy atom. The number of carbonyl (C=O) groups excluding carboxylic acids is 2. The van der Waals surface area contributed by atoms with Crippen LogP contribution in [0.1, 0.15) is 316 Å². The van der Waals surface area contributed by atoms with Gasteiger partial charge in [0.1, 0.15) is 19.3 Å². The molecule has 0 aromatic carbocycles. The van der Waals surface area contributed by atoms with Gasteiger partial charge in [0.25, 0.3) is 7.82 Å². The zero-order chi connectivity index (χ0) is 55.0. The summed E-state index contributed by atoms with van der Waals surface area (Å²) in [5.74, 6) is -0.606. The Kier molecular flexibility index (Phi) is 54.2. The van der Waals surface area contributed by atoms with Crippen molar-refractivity contribution in [1.29, 1.82) is 0 Å². The van der Waals surface area contributed by atoms with Crippen molar-refractivity contribution in [3.8, 4) is 0 Å². The number of nitrogens with zero attached hydrogens (tertiary/aromatic N) is 1. The number of rotatable bonds is 59. The fourth-order valence-electron chi connectivity index (χ4n) is 9.58. The molecule has 442 valence electrons. The van der Waals surface area contributed by atoms with E-state index in [4.69, 9.17) is 13.8 Å². The molecule has 0 spiro atoms. The summed E-state index contributed by atoms with van der Waals surface area (Å²) >= 11 is 0. The standard InChI is InChI=1S/C65H125N2O7P/c1-7-10-13-16-19-22-25-27-28-29-30-31-32-33-34-35-36-37-38-40-42-45-48-51-54-57-64(68)66-62(61-73-75(70,71)72-60-59-67(4,5)6)63(56-53-50-47-44-41-24-21-18-15-12-9-3)74-65(69)58-55-52-49-46-43-39-26-23-20-17-14-11-8-2/h39,43,49,52-53,56,62-63H,7-38,40-42,44-48,50-51,54-55,57-61H2,1-6H3,(H-,66,68,70,71)/b43-39-,52-49+,56-53-. The molecule has 3 unspecified atom stereocenters. The molecular formula is C65H125N2O7P. The molecule has 0 saturated carbocycles. The van der Waals surface area contributed by atoms with E-state index in [1.807, 2.05) is 39.4 Å². The molecule has 0 rings (SSSR count). The first-order valence-electron chi connectivity index (χ1n) is 32.3. The molecular weight excluding hydrogens is 952 g/mol. The molecule has 0 radical (unpaired) electrons. The molecule has 1 amide bonds. The third kappa shape index (κ3) is 56.8. The largest absolute Gasteiger partial charge is 0.756 e. The normalized spacial score (nSPS) is 13.9. The first kappa shape index (κ1) is 73.2. The van der Waals surface area contributed by atoms with Crippen LogP contribution in [0, 0.1) is 0 Å². The molecule has 10 heteroatoms. The first-order valence-corrected chi connectivity index (χ1v) is 33.8. The maximum absolute atomic E-state index is 13.5. The maximum Gasteiger partial charge on any atom is 0.306 e. The highest BCUT2D eigenvalue weighted by Crippen LogP contribution is 2.38. The van der Waals surface area contributed by atoms with E-state index < -0.39 is 32.5 Å². The van der Waals surface area contributed by atoms with Crippen molar-refractivity contribution in [2.75, 3.05) is 40.9 Å². The third-order valence-electron chi connectivity index (χ3n) is 14.6. The molecule has 9 nitrogen and oxygen atoms in total. The van der Waals surface area contributed by atoms with Crippen LogP contribution in [0.25, 0.3) is 0 Å². The summed E-state index contributed by atoms with van der Waals surface area (Å²) < 4.78 is 30.2. The second-order valence-corrected chi connectivity index (χ2v) is 24.7. The summed E-state index contributed by atoms with van der Waals surface area (Å²) in [7, 11) is 1.17. The van der Waals surface area contributed by atoms with Crippen LogP contribution in [0.3, 0.4) is 0 Å². The van der Waals surface area contributed by atoms with Gasteiger partial charge < -0.3 is 28.5 Å². The SMILES string of the molecule is CCCCCCCC/C=C\C/C=C/CCC(=O)OC(/C=C\CCCCCCCCCCC)C(COP(=O)([O-])OCC[N+](C)(C)C)NC(=O)CCCCCCCCCCCCCCCCCCCCCCCCCCC. The Morgan fingerprint density at radius 1 is 0.467 bits per heavy atom. The van der Waals surface area contributed by atoms with E-state index in [1.54, 1.807) is 0 Å². The number of phosphoric ester groups is 1. The van der Waals surface area contributed by atoms with E-state index in [1.165, 1.54) is 225 Å². The predicted molar refractivity (Wildman–Crippen MR) is 321 cm³/mol. The van der Waals surface area contributed by atoms with Crippen LogP contribution >= 0.6 is 7.82 Å². The number of hydrogen-bond acceptors (Lipinski definition) is 7. The number of phosphoric acid groups is 1. The van der Waals surface area contributed by atoms with Gasteiger partial charge in [0.05, 0.1) is 33.8 Å². The minimum atomic E-state index is -4.70. The summed E-state index contributed by atoms with van der Waals surface area (Å²) in [4.78, 5) is 39.9. The highest BCUT2D eigenvalue weighted by molar-refractivity contribution is 7.45. The van der Waals surface area contributed by atoms with Crippen molar-refractivity contribution in [2.45, 2.75) is 328 Å². The van der Waals surface area contributed by atoms with Crippen LogP contribution < -0.4 is 10.2 Å². The number of nitrogens with one attached hydrogen (secondary N) is 1. The summed E-state index contributed by atoms with van der Waals surface area (Å²) in [6.45, 7) is 6.83. The lowest BCUT2D eigenvalue weighted by Gasteiger charge is -2.30. The molecule has 0 saturated heterocycles. The average molecular weight is 1080 g/mol. The molecule has 0 fully saturated rings. The Morgan fingerprint density at radius 3 is 1.23 bits per heavy atom. The lowest BCUT2D eigenvalue weighted by molar-refractivity contribution is -0.870. The van der Waals surface area contributed by atoms with Crippen LogP contribution in [0.4, 0.5) is 0 Å². The number of likely N-dealkylation sites (N-methyl/N-ethyl adjacent to an activating group) is 1. The molecule has 1 N–H and O–H groups in total. The molecule has 0 aromatic rings. The van der Waals surface area contributed by atoms with Crippen molar-refractivity contribution in [1.82, 2.24) is 5.32 Å². The number of carbonyl (C=O) groups is 2. The highest BCUT2D eigenvalue weighted by Gasteiger charge is 2.27. The van der Waals surface area contributed by atoms with Crippen LogP contribution in [0.2, 0.25) is 0 Å². The van der Waals surface area contributed by atoms with Gasteiger partial charge in [-0.25, -0.2) is 0 Å². The van der Waals surface area contributed by atoms with Gasteiger partial charge in [0.15, 0.2) is 0 Å². The summed E-state index contributed by atoms with van der Waals surface area (Å²) in [5.41, 5.74) is 0. The van der Waals surface area contributed by atoms with Gasteiger partial charge in [-0.3, -0.25) is 14.2 Å². The van der Waals surface area contributed by atoms with Crippen molar-refractivity contribution < 1.29 is 37.3 Å². The lowest BCUT2D eigenvalue weighted by atomic mass is 10.0. The lowest BCUT2D eigenvalue weighted by Crippen LogP contribution is -2.47. The molecule has 0 aromatic heterocycles. The van der Waals surface area contributed by atoms with Crippen LogP contribution in [0.5, 0.6) is 0 Å². The number of unbranched alkanes of at least 4 members (excludes halogenated alkanes) is 39. The second kappa shape index (κ2) is 55.5. The monoisotopic (exact) mass is 1080 g/mol. The van der Waals surface area contributed by atoms with E-state index >= 15 is 0 Å². The number of hydrogen-bond donors (Lipinski definition) is 1. The summed E-state index contributed by atoms with van der Waals surface area (Å²) in [6.07, 6.45) is 67.2. The van der Waals surface area contributed by atoms with Gasteiger partial charge in [0.2, 0.25) is 5.91 Å². The summed E-state index contributed by atoms with van der Waals surface area (Å²) in [5, 5.41) is 3.02. The minimum Gasteiger partial charge on any atom is -0.756 e. The Labute approximate surface area is 466 Å². The van der Waals surface area contributed by atoms with E-state index in [9.17, 15) is 19.0 Å². The molecule has 0 aliphatic rings. The molecule has 0 heterocycles. The Bertz CT molecular complexity index is 1380. The van der Waals surface area contributed by atoms with Gasteiger partial charge in [-0.1, -0.05) is 289 Å². The fraction of sp³-hybridized carbons (Fsp3) is 0.877. The zero-order valence-corrected chi connectivity index (χ0v) is 51.4. The molecule has 0 bridgehead atoms. The Balaban J connectivity index is 5.04. The van der Waals surface area contributed by atoms with Crippen molar-refractivity contribution in [2.24, 2.45) is 0 Å². The summed E-state index contributed by atoms with van der Waals surface area (Å²) in [6, 6.07) is -0.906. The minimum absolute atomic E-state index is 0.0274. The quantitative estimate of drug-likeness (QED) is 0.0212. The number of quaternary nitrogens is 1. The van der Waals surface area contributed by atoms with Gasteiger partial charge in [-0.05, 0) is 51.0 Å². The number of amides is 1. The number of allylic oxidation sites excluding steroid dienone is 5. The maximum atomic E-state index is 13.5. The van der Waals surface area contributed by atoms with Gasteiger partial charge in [0, 0.05) is 12.8 Å². The Hall–Kier alpha value is -1.77. The molecule has 0 aliphatic heterocycles. The zero-order valence-electron chi connectivity index (χ0n) is 50.5. The predicted octanol–water partition coefficient (Wildman–Crippen LogP) is 19.3. The first-order chi connectivity index (χ1) is 36.4. The topological polar surface area (TPSA) is 114 Å². The van der Waals surface area contributed by atoms with E-state index in [0.717, 1.165) is 51.4 Å². The van der Waals surface area contributed by atoms with E-state index in [-0.39, 0.29) is 18.9 Å². The van der Waals surface area contributed by atoms with Crippen LogP contribution in [-0.2, 0) is 27.9 Å². The average Bonchev–Trinajstić information content (AvgIpc) is 3.37. The van der Waals surface area contributed by atoms with Gasteiger partial charge in [-0.2, -0.15) is 0 Å². The van der Waals surface area contributed by atoms with Gasteiger partial charge in [-0.15, -0.1) is 0 Å². The third-order valence-corrected chi connectivity index (χ3v) is 15.6.